The fourth-order valence-corrected chi connectivity index (χ4v) is 6.09. The van der Waals surface area contributed by atoms with Gasteiger partial charge in [0.15, 0.2) is 10.3 Å². The van der Waals surface area contributed by atoms with Crippen LogP contribution in [-0.2, 0) is 0 Å². The second-order valence-corrected chi connectivity index (χ2v) is 13.0. The van der Waals surface area contributed by atoms with E-state index in [-0.39, 0.29) is 5.41 Å². The zero-order valence-electron chi connectivity index (χ0n) is 20.3. The fourth-order valence-electron chi connectivity index (χ4n) is 3.92. The molecular formula is C25H38BrN3S2. The summed E-state index contributed by atoms with van der Waals surface area (Å²) in [6.07, 6.45) is 3.49. The molecule has 1 N–H and O–H groups in total. The third kappa shape index (κ3) is 8.54. The highest BCUT2D eigenvalue weighted by Crippen LogP contribution is 2.32. The number of hydrogen-bond acceptors (Lipinski definition) is 3. The summed E-state index contributed by atoms with van der Waals surface area (Å²) in [7, 11) is 0. The molecule has 0 amide bonds. The number of benzene rings is 1. The number of aliphatic imine (C=N–C) groups is 1. The molecule has 1 atom stereocenters. The molecule has 3 nitrogen and oxygen atoms in total. The topological polar surface area (TPSA) is 27.6 Å². The molecule has 0 aliphatic carbocycles. The number of thiocarbonyl (C=S) groups is 1. The first kappa shape index (κ1) is 26.4. The van der Waals surface area contributed by atoms with Crippen LogP contribution in [0.5, 0.6) is 0 Å². The van der Waals surface area contributed by atoms with Gasteiger partial charge in [-0.1, -0.05) is 93.9 Å². The van der Waals surface area contributed by atoms with E-state index in [0.29, 0.717) is 17.4 Å². The fraction of sp³-hybridized carbons (Fsp3) is 0.600. The molecular weight excluding hydrogens is 486 g/mol. The first-order valence-electron chi connectivity index (χ1n) is 11.0. The molecule has 0 bridgehead atoms. The molecule has 0 radical (unpaired) electrons. The lowest BCUT2D eigenvalue weighted by Gasteiger charge is -2.30. The van der Waals surface area contributed by atoms with Crippen LogP contribution in [0.2, 0.25) is 0 Å². The number of nitrogens with zero attached hydrogens (tertiary/aromatic N) is 2. The maximum absolute atomic E-state index is 5.84. The average molecular weight is 525 g/mol. The molecule has 1 aliphatic heterocycles. The van der Waals surface area contributed by atoms with Crippen molar-refractivity contribution < 1.29 is 0 Å². The molecule has 172 valence electrons. The minimum absolute atomic E-state index is 0.00379. The molecule has 1 aromatic rings. The minimum Gasteiger partial charge on any atom is -0.332 e. The smallest absolute Gasteiger partial charge is 0.179 e. The molecule has 0 saturated carbocycles. The number of anilines is 1. The summed E-state index contributed by atoms with van der Waals surface area (Å²) in [5.74, 6) is 1.50. The summed E-state index contributed by atoms with van der Waals surface area (Å²) in [5, 5.41) is 5.16. The second-order valence-electron chi connectivity index (χ2n) is 10.7. The quantitative estimate of drug-likeness (QED) is 0.302. The lowest BCUT2D eigenvalue weighted by atomic mass is 9.84. The first-order valence-corrected chi connectivity index (χ1v) is 13.2. The number of amidine groups is 1. The van der Waals surface area contributed by atoms with Crippen molar-refractivity contribution in [1.29, 1.82) is 0 Å². The molecule has 1 aliphatic rings. The summed E-state index contributed by atoms with van der Waals surface area (Å²) >= 11 is 11.2. The van der Waals surface area contributed by atoms with Crippen LogP contribution in [0.25, 0.3) is 0 Å². The Labute approximate surface area is 207 Å². The van der Waals surface area contributed by atoms with Gasteiger partial charge in [-0.15, -0.1) is 0 Å². The molecule has 1 heterocycles. The molecule has 31 heavy (non-hydrogen) atoms. The van der Waals surface area contributed by atoms with Crippen molar-refractivity contribution in [2.24, 2.45) is 21.7 Å². The number of nitrogens with one attached hydrogen (secondary N) is 1. The van der Waals surface area contributed by atoms with E-state index < -0.39 is 0 Å². The van der Waals surface area contributed by atoms with Crippen LogP contribution in [0.15, 0.2) is 45.4 Å². The Bertz CT molecular complexity index is 837. The van der Waals surface area contributed by atoms with Gasteiger partial charge in [-0.25, -0.2) is 0 Å². The largest absolute Gasteiger partial charge is 0.332 e. The van der Waals surface area contributed by atoms with E-state index in [1.807, 2.05) is 36.0 Å². The van der Waals surface area contributed by atoms with E-state index >= 15 is 0 Å². The Hall–Kier alpha value is -0.850. The SMILES string of the molecule is C/C(=C\C(C)(C)CN=C1SCC(C(C)C)N1C(=S)Nc1cccc(Br)c1)CC(C)(C)C. The number of halogens is 1. The third-order valence-electron chi connectivity index (χ3n) is 5.05. The Morgan fingerprint density at radius 2 is 2.00 bits per heavy atom. The van der Waals surface area contributed by atoms with Gasteiger partial charge < -0.3 is 5.32 Å². The first-order chi connectivity index (χ1) is 14.3. The molecule has 0 spiro atoms. The summed E-state index contributed by atoms with van der Waals surface area (Å²) in [6, 6.07) is 8.45. The van der Waals surface area contributed by atoms with Crippen molar-refractivity contribution in [2.45, 2.75) is 67.9 Å². The Morgan fingerprint density at radius 1 is 1.32 bits per heavy atom. The maximum atomic E-state index is 5.84. The van der Waals surface area contributed by atoms with Gasteiger partial charge in [-0.3, -0.25) is 9.89 Å². The van der Waals surface area contributed by atoms with Crippen molar-refractivity contribution in [1.82, 2.24) is 4.90 Å². The predicted molar refractivity (Wildman–Crippen MR) is 147 cm³/mol. The molecule has 6 heteroatoms. The number of rotatable bonds is 6. The standard InChI is InChI=1S/C25H38BrN3S2/c1-17(2)21-15-31-23(27-16-25(7,8)14-18(3)13-24(4,5)6)29(21)22(30)28-20-11-9-10-19(26)12-20/h9-12,14,17,21H,13,15-16H2,1-8H3,(H,28,30)/b18-14+,27-23?. The van der Waals surface area contributed by atoms with Crippen molar-refractivity contribution >= 4 is 55.9 Å². The average Bonchev–Trinajstić information content (AvgIpc) is 3.02. The van der Waals surface area contributed by atoms with E-state index in [1.165, 1.54) is 5.57 Å². The van der Waals surface area contributed by atoms with Crippen LogP contribution in [0.3, 0.4) is 0 Å². The lowest BCUT2D eigenvalue weighted by molar-refractivity contribution is 0.381. The number of hydrogen-bond donors (Lipinski definition) is 1. The van der Waals surface area contributed by atoms with Crippen molar-refractivity contribution in [3.05, 3.63) is 40.4 Å². The monoisotopic (exact) mass is 523 g/mol. The van der Waals surface area contributed by atoms with Gasteiger partial charge in [0.05, 0.1) is 12.6 Å². The van der Waals surface area contributed by atoms with Gasteiger partial charge in [0.25, 0.3) is 0 Å². The lowest BCUT2D eigenvalue weighted by Crippen LogP contribution is -2.44. The molecule has 2 rings (SSSR count). The highest BCUT2D eigenvalue weighted by Gasteiger charge is 2.35. The van der Waals surface area contributed by atoms with E-state index in [9.17, 15) is 0 Å². The van der Waals surface area contributed by atoms with Crippen LogP contribution in [0.4, 0.5) is 5.69 Å². The molecule has 1 unspecified atom stereocenters. The third-order valence-corrected chi connectivity index (χ3v) is 6.94. The van der Waals surface area contributed by atoms with E-state index in [1.54, 1.807) is 0 Å². The van der Waals surface area contributed by atoms with Gasteiger partial charge >= 0.3 is 0 Å². The van der Waals surface area contributed by atoms with Crippen LogP contribution in [0, 0.1) is 16.7 Å². The molecule has 1 fully saturated rings. The van der Waals surface area contributed by atoms with Gasteiger partial charge in [-0.05, 0) is 55.1 Å². The highest BCUT2D eigenvalue weighted by atomic mass is 79.9. The summed E-state index contributed by atoms with van der Waals surface area (Å²) < 4.78 is 1.03. The van der Waals surface area contributed by atoms with E-state index in [2.05, 4.69) is 87.6 Å². The Balaban J connectivity index is 2.19. The maximum Gasteiger partial charge on any atom is 0.179 e. The normalized spacial score (nSPS) is 19.4. The summed E-state index contributed by atoms with van der Waals surface area (Å²) in [6.45, 7) is 18.9. The zero-order valence-corrected chi connectivity index (χ0v) is 23.5. The number of allylic oxidation sites excluding steroid dienone is 1. The van der Waals surface area contributed by atoms with Crippen LogP contribution in [0.1, 0.15) is 61.8 Å². The Morgan fingerprint density at radius 3 is 2.58 bits per heavy atom. The van der Waals surface area contributed by atoms with Gasteiger partial charge in [0.1, 0.15) is 0 Å². The number of thioether (sulfide) groups is 1. The van der Waals surface area contributed by atoms with E-state index in [0.717, 1.165) is 39.2 Å². The second kappa shape index (κ2) is 10.8. The van der Waals surface area contributed by atoms with Crippen LogP contribution < -0.4 is 5.32 Å². The van der Waals surface area contributed by atoms with Gasteiger partial charge in [-0.2, -0.15) is 0 Å². The van der Waals surface area contributed by atoms with Gasteiger partial charge in [0, 0.05) is 21.3 Å². The molecule has 1 saturated heterocycles. The molecule has 0 aromatic heterocycles. The van der Waals surface area contributed by atoms with Crippen molar-refractivity contribution in [2.75, 3.05) is 17.6 Å². The summed E-state index contributed by atoms with van der Waals surface area (Å²) in [4.78, 5) is 7.29. The Kier molecular flexibility index (Phi) is 9.24. The van der Waals surface area contributed by atoms with Crippen molar-refractivity contribution in [3.63, 3.8) is 0 Å². The van der Waals surface area contributed by atoms with Crippen LogP contribution >= 0.6 is 39.9 Å². The van der Waals surface area contributed by atoms with Crippen molar-refractivity contribution in [3.8, 4) is 0 Å². The van der Waals surface area contributed by atoms with Crippen LogP contribution in [-0.4, -0.2) is 33.5 Å². The highest BCUT2D eigenvalue weighted by molar-refractivity contribution is 9.10. The summed E-state index contributed by atoms with van der Waals surface area (Å²) in [5.41, 5.74) is 2.72. The van der Waals surface area contributed by atoms with E-state index in [4.69, 9.17) is 17.2 Å². The predicted octanol–water partition coefficient (Wildman–Crippen LogP) is 7.98. The zero-order chi connectivity index (χ0) is 23.4. The molecule has 1 aromatic carbocycles. The minimum atomic E-state index is 0.00379. The van der Waals surface area contributed by atoms with Gasteiger partial charge in [0.2, 0.25) is 0 Å².